The fourth-order valence-electron chi connectivity index (χ4n) is 6.33. The summed E-state index contributed by atoms with van der Waals surface area (Å²) in [6, 6.07) is 15.3. The van der Waals surface area contributed by atoms with Gasteiger partial charge in [0.2, 0.25) is 23.6 Å². The van der Waals surface area contributed by atoms with Crippen LogP contribution in [0.5, 0.6) is 0 Å². The van der Waals surface area contributed by atoms with Gasteiger partial charge in [-0.3, -0.25) is 28.9 Å². The second-order valence-electron chi connectivity index (χ2n) is 15.0. The number of benzene rings is 2. The number of morpholine rings is 1. The lowest BCUT2D eigenvalue weighted by Crippen LogP contribution is -2.59. The minimum atomic E-state index is -1.03. The molecular formula is C40H57N5O7. The number of hydrogen-bond acceptors (Lipinski definition) is 8. The predicted molar refractivity (Wildman–Crippen MR) is 198 cm³/mol. The van der Waals surface area contributed by atoms with E-state index in [4.69, 9.17) is 9.47 Å². The summed E-state index contributed by atoms with van der Waals surface area (Å²) >= 11 is 0. The number of aryl methyl sites for hydroxylation is 1. The van der Waals surface area contributed by atoms with E-state index in [-0.39, 0.29) is 36.5 Å². The van der Waals surface area contributed by atoms with Crippen LogP contribution in [-0.4, -0.2) is 104 Å². The zero-order chi connectivity index (χ0) is 37.7. The van der Waals surface area contributed by atoms with Crippen LogP contribution in [0.4, 0.5) is 0 Å². The van der Waals surface area contributed by atoms with E-state index in [9.17, 15) is 24.0 Å². The van der Waals surface area contributed by atoms with Crippen molar-refractivity contribution in [2.45, 2.75) is 96.5 Å². The van der Waals surface area contributed by atoms with Crippen LogP contribution in [0.1, 0.15) is 65.0 Å². The third-order valence-electron chi connectivity index (χ3n) is 9.38. The van der Waals surface area contributed by atoms with Gasteiger partial charge in [0.05, 0.1) is 32.4 Å². The lowest BCUT2D eigenvalue weighted by molar-refractivity contribution is -0.135. The molecule has 2 heterocycles. The quantitative estimate of drug-likeness (QED) is 0.152. The largest absolute Gasteiger partial charge is 0.379 e. The first-order valence-electron chi connectivity index (χ1n) is 18.6. The molecule has 0 radical (unpaired) electrons. The second-order valence-corrected chi connectivity index (χ2v) is 15.0. The third-order valence-corrected chi connectivity index (χ3v) is 9.38. The molecule has 2 aliphatic rings. The van der Waals surface area contributed by atoms with Gasteiger partial charge < -0.3 is 30.7 Å². The molecule has 2 aliphatic heterocycles. The second kappa shape index (κ2) is 19.6. The molecule has 2 saturated heterocycles. The topological polar surface area (TPSA) is 158 Å². The van der Waals surface area contributed by atoms with Crippen molar-refractivity contribution in [1.82, 2.24) is 26.2 Å². The van der Waals surface area contributed by atoms with Crippen LogP contribution in [0.25, 0.3) is 0 Å². The molecule has 0 aliphatic carbocycles. The van der Waals surface area contributed by atoms with Gasteiger partial charge in [-0.25, -0.2) is 0 Å². The molecule has 12 nitrogen and oxygen atoms in total. The number of ether oxygens (including phenoxy) is 2. The molecule has 0 saturated carbocycles. The SMILES string of the molecule is CC(C)C[C@H](NC(=O)[C@@H](CCc1ccccc1)NC(=O)CN1CCOCC1)C(=O)N[C@@H](Cc1ccccc1)C(=O)N[C@H](CC(C)C)C(=O)[C@]1(C)CO1. The van der Waals surface area contributed by atoms with Gasteiger partial charge in [0.15, 0.2) is 5.78 Å². The van der Waals surface area contributed by atoms with Crippen LogP contribution < -0.4 is 21.3 Å². The normalized spacial score (nSPS) is 19.6. The Hall–Kier alpha value is -4.13. The summed E-state index contributed by atoms with van der Waals surface area (Å²) in [4.78, 5) is 70.5. The monoisotopic (exact) mass is 719 g/mol. The Balaban J connectivity index is 1.51. The van der Waals surface area contributed by atoms with E-state index in [0.29, 0.717) is 58.6 Å². The summed E-state index contributed by atoms with van der Waals surface area (Å²) in [5.41, 5.74) is 0.915. The van der Waals surface area contributed by atoms with Gasteiger partial charge in [-0.05, 0) is 55.6 Å². The maximum Gasteiger partial charge on any atom is 0.243 e. The van der Waals surface area contributed by atoms with E-state index in [1.165, 1.54) is 0 Å². The summed E-state index contributed by atoms with van der Waals surface area (Å²) in [7, 11) is 0. The highest BCUT2D eigenvalue weighted by Crippen LogP contribution is 2.29. The first-order valence-corrected chi connectivity index (χ1v) is 18.6. The van der Waals surface area contributed by atoms with Crippen molar-refractivity contribution < 1.29 is 33.4 Å². The molecule has 0 bridgehead atoms. The molecule has 2 aromatic carbocycles. The van der Waals surface area contributed by atoms with Gasteiger partial charge in [-0.15, -0.1) is 0 Å². The third kappa shape index (κ3) is 13.1. The van der Waals surface area contributed by atoms with Crippen LogP contribution in [-0.2, 0) is 46.3 Å². The number of carbonyl (C=O) groups is 5. The smallest absolute Gasteiger partial charge is 0.243 e. The van der Waals surface area contributed by atoms with E-state index >= 15 is 0 Å². The Morgan fingerprint density at radius 3 is 1.77 bits per heavy atom. The number of nitrogens with one attached hydrogen (secondary N) is 4. The summed E-state index contributed by atoms with van der Waals surface area (Å²) < 4.78 is 10.8. The number of epoxide rings is 1. The molecule has 2 fully saturated rings. The summed E-state index contributed by atoms with van der Waals surface area (Å²) in [6.07, 6.45) is 1.76. The Morgan fingerprint density at radius 2 is 1.19 bits per heavy atom. The number of Topliss-reactive ketones (excluding diaryl/α,β-unsaturated/α-hetero) is 1. The summed E-state index contributed by atoms with van der Waals surface area (Å²) in [5.74, 6) is -1.83. The van der Waals surface area contributed by atoms with E-state index < -0.39 is 47.5 Å². The van der Waals surface area contributed by atoms with Gasteiger partial charge in [0.1, 0.15) is 23.7 Å². The fraction of sp³-hybridized carbons (Fsp3) is 0.575. The molecule has 0 aromatic heterocycles. The first kappa shape index (κ1) is 40.6. The standard InChI is InChI=1S/C40H57N5O7/c1-27(2)22-32(36(47)40(5)26-52-40)42-39(50)34(24-30-14-10-7-11-15-30)44-38(49)33(23-28(3)4)43-37(48)31(17-16-29-12-8-6-9-13-29)41-35(46)25-45-18-20-51-21-19-45/h6-15,27-28,31-34H,16-26H2,1-5H3,(H,41,46)(H,42,50)(H,43,48)(H,44,49)/t31-,32-,33+,34+,40+/m1/s1. The molecule has 4 rings (SSSR count). The molecule has 5 atom stereocenters. The van der Waals surface area contributed by atoms with Crippen LogP contribution >= 0.6 is 0 Å². The molecular weight excluding hydrogens is 662 g/mol. The first-order chi connectivity index (χ1) is 24.8. The highest BCUT2D eigenvalue weighted by molar-refractivity contribution is 5.98. The predicted octanol–water partition coefficient (Wildman–Crippen LogP) is 2.58. The maximum absolute atomic E-state index is 14.1. The molecule has 0 spiro atoms. The Bertz CT molecular complexity index is 1480. The number of amides is 4. The number of hydrogen-bond donors (Lipinski definition) is 4. The lowest BCUT2D eigenvalue weighted by Gasteiger charge is -2.29. The zero-order valence-electron chi connectivity index (χ0n) is 31.3. The maximum atomic E-state index is 14.1. The van der Waals surface area contributed by atoms with E-state index in [1.807, 2.05) is 93.3 Å². The average Bonchev–Trinajstić information content (AvgIpc) is 3.87. The van der Waals surface area contributed by atoms with Crippen LogP contribution in [0.2, 0.25) is 0 Å². The van der Waals surface area contributed by atoms with Crippen LogP contribution in [0.3, 0.4) is 0 Å². The van der Waals surface area contributed by atoms with Gasteiger partial charge in [-0.1, -0.05) is 88.4 Å². The number of rotatable bonds is 20. The molecule has 4 N–H and O–H groups in total. The molecule has 284 valence electrons. The fourth-order valence-corrected chi connectivity index (χ4v) is 6.33. The molecule has 4 amide bonds. The summed E-state index contributed by atoms with van der Waals surface area (Å²) in [5, 5.41) is 11.7. The highest BCUT2D eigenvalue weighted by atomic mass is 16.6. The van der Waals surface area contributed by atoms with Gasteiger partial charge in [0, 0.05) is 19.5 Å². The van der Waals surface area contributed by atoms with E-state index in [1.54, 1.807) is 6.92 Å². The average molecular weight is 720 g/mol. The number of nitrogens with zero attached hydrogens (tertiary/aromatic N) is 1. The molecule has 12 heteroatoms. The van der Waals surface area contributed by atoms with Crippen molar-refractivity contribution in [2.24, 2.45) is 11.8 Å². The lowest BCUT2D eigenvalue weighted by atomic mass is 9.93. The van der Waals surface area contributed by atoms with Gasteiger partial charge >= 0.3 is 0 Å². The zero-order valence-corrected chi connectivity index (χ0v) is 31.3. The van der Waals surface area contributed by atoms with E-state index in [0.717, 1.165) is 11.1 Å². The Kier molecular flexibility index (Phi) is 15.3. The Morgan fingerprint density at radius 1 is 0.692 bits per heavy atom. The summed E-state index contributed by atoms with van der Waals surface area (Å²) in [6.45, 7) is 12.3. The van der Waals surface area contributed by atoms with Crippen molar-refractivity contribution in [3.05, 3.63) is 71.8 Å². The van der Waals surface area contributed by atoms with Crippen LogP contribution in [0, 0.1) is 11.8 Å². The highest BCUT2D eigenvalue weighted by Gasteiger charge is 2.50. The van der Waals surface area contributed by atoms with E-state index in [2.05, 4.69) is 21.3 Å². The van der Waals surface area contributed by atoms with Crippen molar-refractivity contribution in [3.63, 3.8) is 0 Å². The molecule has 0 unspecified atom stereocenters. The number of ketones is 1. The number of carbonyl (C=O) groups excluding carboxylic acids is 5. The molecule has 2 aromatic rings. The van der Waals surface area contributed by atoms with Gasteiger partial charge in [0.25, 0.3) is 0 Å². The van der Waals surface area contributed by atoms with Crippen LogP contribution in [0.15, 0.2) is 60.7 Å². The minimum Gasteiger partial charge on any atom is -0.379 e. The van der Waals surface area contributed by atoms with Crippen molar-refractivity contribution in [3.8, 4) is 0 Å². The van der Waals surface area contributed by atoms with Crippen molar-refractivity contribution in [2.75, 3.05) is 39.5 Å². The Labute approximate surface area is 308 Å². The minimum absolute atomic E-state index is 0.0171. The van der Waals surface area contributed by atoms with Crippen molar-refractivity contribution >= 4 is 29.4 Å². The van der Waals surface area contributed by atoms with Gasteiger partial charge in [-0.2, -0.15) is 0 Å². The molecule has 52 heavy (non-hydrogen) atoms. The van der Waals surface area contributed by atoms with Crippen molar-refractivity contribution in [1.29, 1.82) is 0 Å².